The van der Waals surface area contributed by atoms with Crippen molar-refractivity contribution >= 4 is 23.0 Å². The zero-order chi connectivity index (χ0) is 13.0. The second-order valence-electron chi connectivity index (χ2n) is 3.46. The van der Waals surface area contributed by atoms with Crippen LogP contribution in [0.2, 0.25) is 5.02 Å². The van der Waals surface area contributed by atoms with Crippen molar-refractivity contribution in [3.05, 3.63) is 32.3 Å². The van der Waals surface area contributed by atoms with Gasteiger partial charge in [0, 0.05) is 35.8 Å². The number of aliphatic hydroxyl groups is 2. The number of rotatable bonds is 5. The van der Waals surface area contributed by atoms with Crippen molar-refractivity contribution in [2.45, 2.75) is 12.8 Å². The number of hydrogen-bond acceptors (Lipinski definition) is 5. The first-order valence-corrected chi connectivity index (χ1v) is 5.36. The molecule has 0 radical (unpaired) electrons. The molecule has 0 aromatic heterocycles. The Hall–Kier alpha value is -1.37. The van der Waals surface area contributed by atoms with E-state index >= 15 is 0 Å². The number of nitrogens with two attached hydrogens (primary N) is 1. The van der Waals surface area contributed by atoms with E-state index < -0.39 is 4.92 Å². The molecule has 7 heteroatoms. The van der Waals surface area contributed by atoms with Gasteiger partial charge in [0.15, 0.2) is 0 Å². The van der Waals surface area contributed by atoms with E-state index in [1.165, 1.54) is 6.07 Å². The summed E-state index contributed by atoms with van der Waals surface area (Å²) in [4.78, 5) is 10.3. The van der Waals surface area contributed by atoms with Gasteiger partial charge in [-0.3, -0.25) is 10.1 Å². The zero-order valence-corrected chi connectivity index (χ0v) is 9.78. The Balaban J connectivity index is 3.40. The molecule has 0 atom stereocenters. The molecule has 0 saturated heterocycles. The number of anilines is 1. The molecule has 0 saturated carbocycles. The molecule has 1 rings (SSSR count). The summed E-state index contributed by atoms with van der Waals surface area (Å²) in [6.45, 7) is -0.420. The van der Waals surface area contributed by atoms with E-state index in [9.17, 15) is 10.1 Å². The monoisotopic (exact) mass is 260 g/mol. The highest BCUT2D eigenvalue weighted by Crippen LogP contribution is 2.35. The second kappa shape index (κ2) is 5.81. The highest BCUT2D eigenvalue weighted by Gasteiger charge is 2.23. The number of aliphatic hydroxyl groups excluding tert-OH is 2. The van der Waals surface area contributed by atoms with Crippen molar-refractivity contribution in [2.24, 2.45) is 0 Å². The van der Waals surface area contributed by atoms with Crippen LogP contribution in [0.15, 0.2) is 6.07 Å². The molecule has 17 heavy (non-hydrogen) atoms. The van der Waals surface area contributed by atoms with Crippen LogP contribution in [0.25, 0.3) is 0 Å². The second-order valence-corrected chi connectivity index (χ2v) is 3.87. The van der Waals surface area contributed by atoms with E-state index in [0.717, 1.165) is 0 Å². The minimum Gasteiger partial charge on any atom is -0.396 e. The highest BCUT2D eigenvalue weighted by molar-refractivity contribution is 6.32. The molecule has 0 unspecified atom stereocenters. The molecule has 0 aliphatic carbocycles. The lowest BCUT2D eigenvalue weighted by Gasteiger charge is -2.11. The third-order valence-corrected chi connectivity index (χ3v) is 2.74. The number of nitrogen functional groups attached to an aromatic ring is 1. The van der Waals surface area contributed by atoms with Gasteiger partial charge in [0.2, 0.25) is 0 Å². The van der Waals surface area contributed by atoms with E-state index in [4.69, 9.17) is 27.5 Å². The van der Waals surface area contributed by atoms with Gasteiger partial charge in [-0.25, -0.2) is 0 Å². The van der Waals surface area contributed by atoms with Crippen LogP contribution in [0.4, 0.5) is 11.4 Å². The summed E-state index contributed by atoms with van der Waals surface area (Å²) >= 11 is 5.93. The fourth-order valence-electron chi connectivity index (χ4n) is 1.65. The van der Waals surface area contributed by atoms with Crippen LogP contribution >= 0.6 is 11.6 Å². The van der Waals surface area contributed by atoms with Crippen molar-refractivity contribution in [1.29, 1.82) is 0 Å². The lowest BCUT2D eigenvalue weighted by molar-refractivity contribution is -0.384. The largest absolute Gasteiger partial charge is 0.396 e. The van der Waals surface area contributed by atoms with Crippen molar-refractivity contribution < 1.29 is 15.1 Å². The van der Waals surface area contributed by atoms with E-state index in [-0.39, 0.29) is 42.5 Å². The molecule has 0 fully saturated rings. The molecular formula is C10H13ClN2O4. The number of nitro groups is 1. The number of nitrogens with zero attached hydrogens (tertiary/aromatic N) is 1. The van der Waals surface area contributed by atoms with Gasteiger partial charge in [0.25, 0.3) is 5.69 Å². The molecule has 94 valence electrons. The minimum atomic E-state index is -0.600. The molecule has 0 aliphatic heterocycles. The summed E-state index contributed by atoms with van der Waals surface area (Å²) in [6.07, 6.45) is 0.268. The Morgan fingerprint density at radius 3 is 2.41 bits per heavy atom. The zero-order valence-electron chi connectivity index (χ0n) is 9.02. The quantitative estimate of drug-likeness (QED) is 0.414. The van der Waals surface area contributed by atoms with Crippen LogP contribution in [0.3, 0.4) is 0 Å². The van der Waals surface area contributed by atoms with Crippen LogP contribution in [-0.4, -0.2) is 28.4 Å². The minimum absolute atomic E-state index is 0.0417. The average molecular weight is 261 g/mol. The predicted molar refractivity (Wildman–Crippen MR) is 64.1 cm³/mol. The number of hydrogen-bond donors (Lipinski definition) is 3. The normalized spacial score (nSPS) is 10.5. The van der Waals surface area contributed by atoms with Gasteiger partial charge in [-0.1, -0.05) is 11.6 Å². The summed E-state index contributed by atoms with van der Waals surface area (Å²) < 4.78 is 0. The van der Waals surface area contributed by atoms with Crippen LogP contribution in [0.5, 0.6) is 0 Å². The Morgan fingerprint density at radius 2 is 1.94 bits per heavy atom. The van der Waals surface area contributed by atoms with E-state index in [2.05, 4.69) is 0 Å². The molecule has 0 aliphatic rings. The Labute approximate surface area is 103 Å². The molecule has 1 aromatic carbocycles. The van der Waals surface area contributed by atoms with Gasteiger partial charge >= 0.3 is 0 Å². The molecule has 6 nitrogen and oxygen atoms in total. The van der Waals surface area contributed by atoms with Crippen molar-refractivity contribution in [3.8, 4) is 0 Å². The summed E-state index contributed by atoms with van der Waals surface area (Å²) in [7, 11) is 0. The third-order valence-electron chi connectivity index (χ3n) is 2.40. The smallest absolute Gasteiger partial charge is 0.295 e. The summed E-state index contributed by atoms with van der Waals surface area (Å²) in [5, 5.41) is 28.9. The lowest BCUT2D eigenvalue weighted by atomic mass is 10.0. The van der Waals surface area contributed by atoms with Gasteiger partial charge in [0.1, 0.15) is 5.69 Å². The topological polar surface area (TPSA) is 110 Å². The fraction of sp³-hybridized carbons (Fsp3) is 0.400. The van der Waals surface area contributed by atoms with E-state index in [1.807, 2.05) is 0 Å². The van der Waals surface area contributed by atoms with Crippen LogP contribution in [-0.2, 0) is 12.8 Å². The van der Waals surface area contributed by atoms with Gasteiger partial charge in [-0.05, 0) is 12.5 Å². The van der Waals surface area contributed by atoms with E-state index in [1.54, 1.807) is 0 Å². The molecule has 0 amide bonds. The standard InChI is InChI=1S/C10H13ClN2O4/c11-8-5-6(1-3-14)10(13(16)17)9(12)7(8)2-4-15/h5,14-15H,1-4,12H2. The van der Waals surface area contributed by atoms with Crippen molar-refractivity contribution in [1.82, 2.24) is 0 Å². The number of nitro benzene ring substituents is 1. The molecule has 0 spiro atoms. The first kappa shape index (κ1) is 13.7. The number of benzene rings is 1. The lowest BCUT2D eigenvalue weighted by Crippen LogP contribution is -2.07. The van der Waals surface area contributed by atoms with Crippen LogP contribution in [0.1, 0.15) is 11.1 Å². The molecule has 0 bridgehead atoms. The van der Waals surface area contributed by atoms with Gasteiger partial charge in [0.05, 0.1) is 4.92 Å². The Morgan fingerprint density at radius 1 is 1.35 bits per heavy atom. The maximum absolute atomic E-state index is 10.9. The third kappa shape index (κ3) is 2.85. The fourth-order valence-corrected chi connectivity index (χ4v) is 1.97. The van der Waals surface area contributed by atoms with Crippen LogP contribution < -0.4 is 5.73 Å². The van der Waals surface area contributed by atoms with Gasteiger partial charge < -0.3 is 15.9 Å². The Kier molecular flexibility index (Phi) is 4.68. The van der Waals surface area contributed by atoms with E-state index in [0.29, 0.717) is 11.1 Å². The maximum atomic E-state index is 10.9. The highest BCUT2D eigenvalue weighted by atomic mass is 35.5. The van der Waals surface area contributed by atoms with Crippen molar-refractivity contribution in [3.63, 3.8) is 0 Å². The molecule has 4 N–H and O–H groups in total. The van der Waals surface area contributed by atoms with Crippen LogP contribution in [0, 0.1) is 10.1 Å². The number of halogens is 1. The SMILES string of the molecule is Nc1c(CCO)c(Cl)cc(CCO)c1[N+](=O)[O-]. The van der Waals surface area contributed by atoms with Crippen molar-refractivity contribution in [2.75, 3.05) is 18.9 Å². The van der Waals surface area contributed by atoms with Gasteiger partial charge in [-0.15, -0.1) is 0 Å². The summed E-state index contributed by atoms with van der Waals surface area (Å²) in [6, 6.07) is 1.41. The molecule has 1 aromatic rings. The summed E-state index contributed by atoms with van der Waals surface area (Å²) in [5.74, 6) is 0. The summed E-state index contributed by atoms with van der Waals surface area (Å²) in [5.41, 5.74) is 6.05. The average Bonchev–Trinajstić information content (AvgIpc) is 2.23. The Bertz CT molecular complexity index is 437. The molecular weight excluding hydrogens is 248 g/mol. The molecule has 0 heterocycles. The first-order valence-electron chi connectivity index (χ1n) is 4.98. The van der Waals surface area contributed by atoms with Gasteiger partial charge in [-0.2, -0.15) is 0 Å². The first-order chi connectivity index (χ1) is 8.02. The maximum Gasteiger partial charge on any atom is 0.295 e. The predicted octanol–water partition coefficient (Wildman–Crippen LogP) is 0.900.